The van der Waals surface area contributed by atoms with Crippen LogP contribution in [-0.2, 0) is 11.3 Å². The highest BCUT2D eigenvalue weighted by Gasteiger charge is 2.06. The molecule has 0 unspecified atom stereocenters. The van der Waals surface area contributed by atoms with Gasteiger partial charge in [-0.15, -0.1) is 0 Å². The number of pyridine rings is 1. The Morgan fingerprint density at radius 1 is 1.33 bits per heavy atom. The summed E-state index contributed by atoms with van der Waals surface area (Å²) in [6.07, 6.45) is 2.28. The van der Waals surface area contributed by atoms with E-state index >= 15 is 0 Å². The van der Waals surface area contributed by atoms with Gasteiger partial charge >= 0.3 is 5.97 Å². The third-order valence-corrected chi connectivity index (χ3v) is 3.11. The summed E-state index contributed by atoms with van der Waals surface area (Å²) in [6.45, 7) is 4.31. The highest BCUT2D eigenvalue weighted by atomic mass is 16.5. The second kappa shape index (κ2) is 6.43. The number of aromatic nitrogens is 1. The number of nitrogens with zero attached hydrogens (tertiary/aromatic N) is 1. The molecular formula is C16H19NO4. The summed E-state index contributed by atoms with van der Waals surface area (Å²) in [5, 5.41) is 10.1. The van der Waals surface area contributed by atoms with Gasteiger partial charge in [0.25, 0.3) is 5.56 Å². The Morgan fingerprint density at radius 3 is 2.76 bits per heavy atom. The van der Waals surface area contributed by atoms with E-state index < -0.39 is 5.97 Å². The van der Waals surface area contributed by atoms with Crippen LogP contribution in [0.2, 0.25) is 0 Å². The fraction of sp³-hybridized carbons (Fsp3) is 0.375. The van der Waals surface area contributed by atoms with Crippen molar-refractivity contribution in [1.29, 1.82) is 0 Å². The lowest BCUT2D eigenvalue weighted by molar-refractivity contribution is -0.137. The zero-order chi connectivity index (χ0) is 15.4. The van der Waals surface area contributed by atoms with Crippen molar-refractivity contribution in [2.45, 2.75) is 39.3 Å². The normalized spacial score (nSPS) is 11.0. The number of ether oxygens (including phenoxy) is 1. The van der Waals surface area contributed by atoms with Crippen LogP contribution in [-0.4, -0.2) is 21.7 Å². The molecule has 0 atom stereocenters. The predicted molar refractivity (Wildman–Crippen MR) is 80.8 cm³/mol. The van der Waals surface area contributed by atoms with E-state index in [1.54, 1.807) is 22.9 Å². The molecule has 0 radical (unpaired) electrons. The third kappa shape index (κ3) is 3.84. The van der Waals surface area contributed by atoms with Crippen molar-refractivity contribution in [3.05, 3.63) is 40.8 Å². The van der Waals surface area contributed by atoms with Crippen molar-refractivity contribution in [2.75, 3.05) is 0 Å². The minimum atomic E-state index is -0.848. The van der Waals surface area contributed by atoms with Crippen LogP contribution in [0.5, 0.6) is 5.75 Å². The highest BCUT2D eigenvalue weighted by molar-refractivity contribution is 5.82. The first-order chi connectivity index (χ1) is 9.97. The average Bonchev–Trinajstić information content (AvgIpc) is 2.40. The van der Waals surface area contributed by atoms with Crippen LogP contribution in [0.3, 0.4) is 0 Å². The number of carbonyl (C=O) groups is 1. The van der Waals surface area contributed by atoms with Crippen LogP contribution in [0.1, 0.15) is 26.7 Å². The summed E-state index contributed by atoms with van der Waals surface area (Å²) in [5.74, 6) is -0.111. The Hall–Kier alpha value is -2.30. The van der Waals surface area contributed by atoms with Gasteiger partial charge in [-0.2, -0.15) is 0 Å². The average molecular weight is 289 g/mol. The summed E-state index contributed by atoms with van der Waals surface area (Å²) < 4.78 is 7.16. The first-order valence-corrected chi connectivity index (χ1v) is 6.99. The smallest absolute Gasteiger partial charge is 0.303 e. The Balaban J connectivity index is 2.26. The predicted octanol–water partition coefficient (Wildman–Crippen LogP) is 2.65. The fourth-order valence-corrected chi connectivity index (χ4v) is 2.19. The molecule has 0 saturated carbocycles. The summed E-state index contributed by atoms with van der Waals surface area (Å²) in [6, 6.07) is 7.23. The minimum Gasteiger partial charge on any atom is -0.491 e. The van der Waals surface area contributed by atoms with Gasteiger partial charge in [0.1, 0.15) is 5.75 Å². The van der Waals surface area contributed by atoms with Gasteiger partial charge < -0.3 is 14.4 Å². The summed E-state index contributed by atoms with van der Waals surface area (Å²) >= 11 is 0. The number of fused-ring (bicyclic) bond motifs is 1. The van der Waals surface area contributed by atoms with Gasteiger partial charge in [0.2, 0.25) is 0 Å². The van der Waals surface area contributed by atoms with E-state index in [4.69, 9.17) is 9.84 Å². The van der Waals surface area contributed by atoms with Crippen molar-refractivity contribution in [3.8, 4) is 5.75 Å². The first kappa shape index (κ1) is 15.1. The van der Waals surface area contributed by atoms with E-state index in [1.165, 1.54) is 0 Å². The summed E-state index contributed by atoms with van der Waals surface area (Å²) in [4.78, 5) is 22.8. The standard InChI is InChI=1S/C16H19NO4/c1-11(2)21-13-5-6-14-12(10-13)7-9-17(16(14)20)8-3-4-15(18)19/h5-7,9-11H,3-4,8H2,1-2H3,(H,18,19). The van der Waals surface area contributed by atoms with Gasteiger partial charge in [-0.05, 0) is 49.9 Å². The highest BCUT2D eigenvalue weighted by Crippen LogP contribution is 2.19. The van der Waals surface area contributed by atoms with E-state index in [1.807, 2.05) is 26.0 Å². The molecule has 1 aromatic heterocycles. The molecule has 5 heteroatoms. The molecule has 0 aliphatic heterocycles. The molecular weight excluding hydrogens is 270 g/mol. The second-order valence-corrected chi connectivity index (χ2v) is 5.23. The molecule has 21 heavy (non-hydrogen) atoms. The Labute approximate surface area is 122 Å². The number of aryl methyl sites for hydroxylation is 1. The van der Waals surface area contributed by atoms with Gasteiger partial charge in [0, 0.05) is 24.5 Å². The van der Waals surface area contributed by atoms with Gasteiger partial charge in [0.05, 0.1) is 6.10 Å². The monoisotopic (exact) mass is 289 g/mol. The van der Waals surface area contributed by atoms with Crippen LogP contribution in [0, 0.1) is 0 Å². The lowest BCUT2D eigenvalue weighted by Crippen LogP contribution is -2.20. The summed E-state index contributed by atoms with van der Waals surface area (Å²) in [5.41, 5.74) is -0.103. The molecule has 0 spiro atoms. The molecule has 5 nitrogen and oxygen atoms in total. The van der Waals surface area contributed by atoms with Gasteiger partial charge in [-0.25, -0.2) is 0 Å². The van der Waals surface area contributed by atoms with Crippen LogP contribution < -0.4 is 10.3 Å². The first-order valence-electron chi connectivity index (χ1n) is 6.99. The zero-order valence-corrected chi connectivity index (χ0v) is 12.2. The van der Waals surface area contributed by atoms with Crippen LogP contribution in [0.25, 0.3) is 10.8 Å². The van der Waals surface area contributed by atoms with Crippen molar-refractivity contribution >= 4 is 16.7 Å². The quantitative estimate of drug-likeness (QED) is 0.887. The molecule has 0 amide bonds. The molecule has 1 heterocycles. The topological polar surface area (TPSA) is 68.5 Å². The minimum absolute atomic E-state index is 0.0612. The van der Waals surface area contributed by atoms with E-state index in [0.29, 0.717) is 18.4 Å². The van der Waals surface area contributed by atoms with Gasteiger partial charge in [0.15, 0.2) is 0 Å². The van der Waals surface area contributed by atoms with E-state index in [2.05, 4.69) is 0 Å². The second-order valence-electron chi connectivity index (χ2n) is 5.23. The molecule has 0 fully saturated rings. The molecule has 0 aliphatic carbocycles. The number of aliphatic carboxylic acids is 1. The molecule has 2 rings (SSSR count). The maximum atomic E-state index is 12.3. The lowest BCUT2D eigenvalue weighted by atomic mass is 10.1. The Bertz CT molecular complexity index is 703. The van der Waals surface area contributed by atoms with E-state index in [0.717, 1.165) is 11.1 Å². The van der Waals surface area contributed by atoms with Gasteiger partial charge in [-0.1, -0.05) is 0 Å². The maximum Gasteiger partial charge on any atom is 0.303 e. The maximum absolute atomic E-state index is 12.3. The zero-order valence-electron chi connectivity index (χ0n) is 12.2. The summed E-state index contributed by atoms with van der Waals surface area (Å²) in [7, 11) is 0. The fourth-order valence-electron chi connectivity index (χ4n) is 2.19. The van der Waals surface area contributed by atoms with Crippen molar-refractivity contribution in [2.24, 2.45) is 0 Å². The molecule has 2 aromatic rings. The van der Waals surface area contributed by atoms with Crippen molar-refractivity contribution in [1.82, 2.24) is 4.57 Å². The van der Waals surface area contributed by atoms with Crippen molar-refractivity contribution < 1.29 is 14.6 Å². The number of carboxylic acid groups (broad SMARTS) is 1. The molecule has 1 N–H and O–H groups in total. The third-order valence-electron chi connectivity index (χ3n) is 3.11. The number of rotatable bonds is 6. The van der Waals surface area contributed by atoms with Crippen molar-refractivity contribution in [3.63, 3.8) is 0 Å². The SMILES string of the molecule is CC(C)Oc1ccc2c(=O)n(CCCC(=O)O)ccc2c1. The van der Waals surface area contributed by atoms with E-state index in [9.17, 15) is 9.59 Å². The Kier molecular flexibility index (Phi) is 4.62. The number of benzene rings is 1. The molecule has 112 valence electrons. The molecule has 1 aromatic carbocycles. The van der Waals surface area contributed by atoms with Gasteiger partial charge in [-0.3, -0.25) is 9.59 Å². The number of hydrogen-bond acceptors (Lipinski definition) is 3. The van der Waals surface area contributed by atoms with Crippen LogP contribution >= 0.6 is 0 Å². The van der Waals surface area contributed by atoms with E-state index in [-0.39, 0.29) is 18.1 Å². The molecule has 0 aliphatic rings. The lowest BCUT2D eigenvalue weighted by Gasteiger charge is -2.11. The number of carboxylic acids is 1. The van der Waals surface area contributed by atoms with Crippen LogP contribution in [0.4, 0.5) is 0 Å². The largest absolute Gasteiger partial charge is 0.491 e. The molecule has 0 saturated heterocycles. The Morgan fingerprint density at radius 2 is 2.10 bits per heavy atom. The molecule has 0 bridgehead atoms. The van der Waals surface area contributed by atoms with Crippen LogP contribution in [0.15, 0.2) is 35.3 Å². The number of hydrogen-bond donors (Lipinski definition) is 1.